The van der Waals surface area contributed by atoms with Crippen molar-refractivity contribution in [1.29, 1.82) is 0 Å². The van der Waals surface area contributed by atoms with Gasteiger partial charge in [0.25, 0.3) is 0 Å². The summed E-state index contributed by atoms with van der Waals surface area (Å²) in [5, 5.41) is 9.15. The van der Waals surface area contributed by atoms with Gasteiger partial charge in [0.15, 0.2) is 6.29 Å². The van der Waals surface area contributed by atoms with Gasteiger partial charge in [0.2, 0.25) is 0 Å². The van der Waals surface area contributed by atoms with Crippen molar-refractivity contribution < 1.29 is 14.6 Å². The molecule has 1 unspecified atom stereocenters. The Hall–Kier alpha value is 0.230. The van der Waals surface area contributed by atoms with Gasteiger partial charge in [0.05, 0.1) is 12.7 Å². The molecule has 14 heavy (non-hydrogen) atoms. The number of hydrogen-bond acceptors (Lipinski definition) is 4. The summed E-state index contributed by atoms with van der Waals surface area (Å²) in [6, 6.07) is 0. The van der Waals surface area contributed by atoms with Crippen LogP contribution in [-0.2, 0) is 9.47 Å². The minimum absolute atomic E-state index is 0.0547. The molecule has 0 fully saturated rings. The molecule has 0 saturated carbocycles. The first-order chi connectivity index (χ1) is 6.65. The summed E-state index contributed by atoms with van der Waals surface area (Å²) in [5.74, 6) is 1.34. The van der Waals surface area contributed by atoms with Crippen LogP contribution < -0.4 is 0 Å². The second-order valence-corrected chi connectivity index (χ2v) is 4.22. The maximum Gasteiger partial charge on any atom is 0.155 e. The van der Waals surface area contributed by atoms with Gasteiger partial charge in [0, 0.05) is 6.61 Å². The lowest BCUT2D eigenvalue weighted by molar-refractivity contribution is -0.175. The van der Waals surface area contributed by atoms with E-state index in [0.29, 0.717) is 12.5 Å². The van der Waals surface area contributed by atoms with Crippen molar-refractivity contribution in [2.75, 3.05) is 25.2 Å². The van der Waals surface area contributed by atoms with Gasteiger partial charge in [-0.2, -0.15) is 11.8 Å². The van der Waals surface area contributed by atoms with E-state index in [4.69, 9.17) is 14.6 Å². The fourth-order valence-electron chi connectivity index (χ4n) is 1.25. The highest BCUT2D eigenvalue weighted by atomic mass is 32.2. The molecule has 1 N–H and O–H groups in total. The Morgan fingerprint density at radius 2 is 2.00 bits per heavy atom. The van der Waals surface area contributed by atoms with Crippen LogP contribution in [0.2, 0.25) is 0 Å². The Bertz CT molecular complexity index is 133. The van der Waals surface area contributed by atoms with E-state index in [2.05, 4.69) is 13.2 Å². The molecule has 0 heterocycles. The summed E-state index contributed by atoms with van der Waals surface area (Å²) in [5.41, 5.74) is 0. The molecule has 0 bridgehead atoms. The molecule has 0 aromatic carbocycles. The van der Waals surface area contributed by atoms with E-state index in [1.54, 1.807) is 11.8 Å². The van der Waals surface area contributed by atoms with Crippen molar-refractivity contribution in [3.63, 3.8) is 0 Å². The van der Waals surface area contributed by atoms with Gasteiger partial charge in [-0.05, 0) is 31.8 Å². The maximum absolute atomic E-state index is 9.15. The van der Waals surface area contributed by atoms with E-state index in [1.165, 1.54) is 0 Å². The topological polar surface area (TPSA) is 38.7 Å². The predicted octanol–water partition coefficient (Wildman–Crippen LogP) is 1.75. The molecule has 0 saturated heterocycles. The lowest BCUT2D eigenvalue weighted by atomic mass is 10.1. The van der Waals surface area contributed by atoms with Crippen LogP contribution in [0, 0.1) is 5.92 Å². The zero-order valence-electron chi connectivity index (χ0n) is 9.53. The van der Waals surface area contributed by atoms with Gasteiger partial charge in [-0.15, -0.1) is 0 Å². The molecule has 0 rings (SSSR count). The third-order valence-electron chi connectivity index (χ3n) is 2.01. The van der Waals surface area contributed by atoms with E-state index in [0.717, 1.165) is 5.75 Å². The van der Waals surface area contributed by atoms with Crippen molar-refractivity contribution in [3.8, 4) is 0 Å². The highest BCUT2D eigenvalue weighted by molar-refractivity contribution is 7.98. The second kappa shape index (κ2) is 8.53. The SMILES string of the molecule is CCOC(C)O[C@@H](CO)[C@H](C)CSC. The average Bonchev–Trinajstić information content (AvgIpc) is 2.15. The highest BCUT2D eigenvalue weighted by Gasteiger charge is 2.19. The summed E-state index contributed by atoms with van der Waals surface area (Å²) in [6.45, 7) is 6.56. The number of thioether (sulfide) groups is 1. The van der Waals surface area contributed by atoms with Crippen LogP contribution in [0.15, 0.2) is 0 Å². The molecule has 3 nitrogen and oxygen atoms in total. The van der Waals surface area contributed by atoms with Gasteiger partial charge in [0.1, 0.15) is 0 Å². The quantitative estimate of drug-likeness (QED) is 0.635. The average molecular weight is 222 g/mol. The molecule has 0 spiro atoms. The molecule has 0 aliphatic carbocycles. The van der Waals surface area contributed by atoms with E-state index in [1.807, 2.05) is 13.8 Å². The third kappa shape index (κ3) is 5.86. The number of ether oxygens (including phenoxy) is 2. The molecule has 4 heteroatoms. The normalized spacial score (nSPS) is 17.8. The van der Waals surface area contributed by atoms with Crippen molar-refractivity contribution >= 4 is 11.8 Å². The number of rotatable bonds is 8. The van der Waals surface area contributed by atoms with Gasteiger partial charge in [-0.25, -0.2) is 0 Å². The monoisotopic (exact) mass is 222 g/mol. The van der Waals surface area contributed by atoms with Crippen LogP contribution in [0.25, 0.3) is 0 Å². The first-order valence-electron chi connectivity index (χ1n) is 5.02. The first-order valence-corrected chi connectivity index (χ1v) is 6.41. The van der Waals surface area contributed by atoms with E-state index in [-0.39, 0.29) is 19.0 Å². The summed E-state index contributed by atoms with van der Waals surface area (Å²) in [4.78, 5) is 0. The molecule has 0 aliphatic rings. The number of aliphatic hydroxyl groups is 1. The summed E-state index contributed by atoms with van der Waals surface area (Å²) in [7, 11) is 0. The fraction of sp³-hybridized carbons (Fsp3) is 1.00. The van der Waals surface area contributed by atoms with Crippen LogP contribution in [0.4, 0.5) is 0 Å². The number of hydrogen-bond donors (Lipinski definition) is 1. The Morgan fingerprint density at radius 3 is 2.43 bits per heavy atom. The maximum atomic E-state index is 9.15. The van der Waals surface area contributed by atoms with E-state index < -0.39 is 0 Å². The summed E-state index contributed by atoms with van der Waals surface area (Å²) in [6.07, 6.45) is 1.70. The fourth-order valence-corrected chi connectivity index (χ4v) is 1.99. The molecule has 0 aromatic heterocycles. The zero-order chi connectivity index (χ0) is 11.0. The van der Waals surface area contributed by atoms with Gasteiger partial charge < -0.3 is 14.6 Å². The lowest BCUT2D eigenvalue weighted by Crippen LogP contribution is -2.32. The van der Waals surface area contributed by atoms with E-state index >= 15 is 0 Å². The Balaban J connectivity index is 3.87. The van der Waals surface area contributed by atoms with E-state index in [9.17, 15) is 0 Å². The Morgan fingerprint density at radius 1 is 1.36 bits per heavy atom. The minimum atomic E-state index is -0.235. The standard InChI is InChI=1S/C10H22O3S/c1-5-12-9(3)13-10(6-11)8(2)7-14-4/h8-11H,5-7H2,1-4H3/t8-,9?,10+/m1/s1. The molecule has 3 atom stereocenters. The van der Waals surface area contributed by atoms with Crippen molar-refractivity contribution in [3.05, 3.63) is 0 Å². The smallest absolute Gasteiger partial charge is 0.155 e. The molecule has 0 amide bonds. The lowest BCUT2D eigenvalue weighted by Gasteiger charge is -2.25. The molecular weight excluding hydrogens is 200 g/mol. The van der Waals surface area contributed by atoms with Crippen LogP contribution in [-0.4, -0.2) is 42.7 Å². The van der Waals surface area contributed by atoms with Crippen LogP contribution in [0.5, 0.6) is 0 Å². The van der Waals surface area contributed by atoms with Crippen molar-refractivity contribution in [2.24, 2.45) is 5.92 Å². The largest absolute Gasteiger partial charge is 0.394 e. The number of aliphatic hydroxyl groups excluding tert-OH is 1. The molecular formula is C10H22O3S. The molecule has 0 aliphatic heterocycles. The van der Waals surface area contributed by atoms with Crippen molar-refractivity contribution in [2.45, 2.75) is 33.2 Å². The molecule has 86 valence electrons. The third-order valence-corrected chi connectivity index (χ3v) is 2.87. The van der Waals surface area contributed by atoms with Crippen LogP contribution in [0.1, 0.15) is 20.8 Å². The van der Waals surface area contributed by atoms with Crippen LogP contribution >= 0.6 is 11.8 Å². The van der Waals surface area contributed by atoms with Gasteiger partial charge in [-0.3, -0.25) is 0 Å². The molecule has 0 radical (unpaired) electrons. The predicted molar refractivity (Wildman–Crippen MR) is 60.6 cm³/mol. The van der Waals surface area contributed by atoms with Crippen molar-refractivity contribution in [1.82, 2.24) is 0 Å². The Kier molecular flexibility index (Phi) is 8.67. The highest BCUT2D eigenvalue weighted by Crippen LogP contribution is 2.14. The minimum Gasteiger partial charge on any atom is -0.394 e. The van der Waals surface area contributed by atoms with Crippen LogP contribution in [0.3, 0.4) is 0 Å². The zero-order valence-corrected chi connectivity index (χ0v) is 10.3. The van der Waals surface area contributed by atoms with Gasteiger partial charge >= 0.3 is 0 Å². The molecule has 0 aromatic rings. The Labute approximate surface area is 91.2 Å². The summed E-state index contributed by atoms with van der Waals surface area (Å²) >= 11 is 1.76. The summed E-state index contributed by atoms with van der Waals surface area (Å²) < 4.78 is 10.8. The first kappa shape index (κ1) is 14.2. The van der Waals surface area contributed by atoms with Gasteiger partial charge in [-0.1, -0.05) is 6.92 Å². The second-order valence-electron chi connectivity index (χ2n) is 3.31.